The van der Waals surface area contributed by atoms with Crippen molar-refractivity contribution in [1.29, 1.82) is 0 Å². The summed E-state index contributed by atoms with van der Waals surface area (Å²) in [6, 6.07) is 2.37. The maximum atomic E-state index is 11.5. The fraction of sp³-hybridized carbons (Fsp3) is 0.500. The molecule has 2 atom stereocenters. The zero-order valence-corrected chi connectivity index (χ0v) is 13.0. The minimum Gasteiger partial charge on any atom is -0.369 e. The van der Waals surface area contributed by atoms with E-state index in [0.717, 1.165) is 28.9 Å². The molecular formula is C14H19N5OS. The molecule has 112 valence electrons. The minimum absolute atomic E-state index is 0.108. The van der Waals surface area contributed by atoms with Gasteiger partial charge in [0.2, 0.25) is 11.9 Å². The molecule has 2 unspecified atom stereocenters. The monoisotopic (exact) mass is 305 g/mol. The second kappa shape index (κ2) is 5.48. The fourth-order valence-corrected chi connectivity index (χ4v) is 3.56. The summed E-state index contributed by atoms with van der Waals surface area (Å²) in [5.41, 5.74) is 5.49. The van der Waals surface area contributed by atoms with Crippen molar-refractivity contribution < 1.29 is 4.79 Å². The van der Waals surface area contributed by atoms with Crippen LogP contribution in [0.1, 0.15) is 19.8 Å². The number of hydrogen-bond donors (Lipinski definition) is 2. The summed E-state index contributed by atoms with van der Waals surface area (Å²) in [5, 5.41) is 6.06. The molecule has 0 aliphatic carbocycles. The zero-order chi connectivity index (χ0) is 15.0. The van der Waals surface area contributed by atoms with Crippen LogP contribution in [0.15, 0.2) is 11.4 Å². The number of nitrogens with one attached hydrogen (secondary N) is 1. The van der Waals surface area contributed by atoms with Crippen LogP contribution in [0.25, 0.3) is 10.2 Å². The van der Waals surface area contributed by atoms with Crippen molar-refractivity contribution in [3.63, 3.8) is 0 Å². The predicted molar refractivity (Wildman–Crippen MR) is 85.7 cm³/mol. The van der Waals surface area contributed by atoms with Crippen molar-refractivity contribution in [2.24, 2.45) is 11.7 Å². The third-order valence-electron chi connectivity index (χ3n) is 4.09. The van der Waals surface area contributed by atoms with Crippen molar-refractivity contribution in [2.45, 2.75) is 25.8 Å². The van der Waals surface area contributed by atoms with Crippen LogP contribution in [0.2, 0.25) is 0 Å². The summed E-state index contributed by atoms with van der Waals surface area (Å²) < 4.78 is 0. The van der Waals surface area contributed by atoms with Crippen LogP contribution in [-0.2, 0) is 4.79 Å². The van der Waals surface area contributed by atoms with Gasteiger partial charge in [-0.3, -0.25) is 4.79 Å². The Morgan fingerprint density at radius 2 is 2.29 bits per heavy atom. The number of primary amides is 1. The van der Waals surface area contributed by atoms with E-state index >= 15 is 0 Å². The van der Waals surface area contributed by atoms with Crippen LogP contribution in [0, 0.1) is 5.92 Å². The standard InChI is InChI=1S/C14H19N5OS/c1-8-3-4-9(11(15)20)7-19(8)12-10-5-6-21-13(10)18-14(16-2)17-12/h5-6,8-9H,3-4,7H2,1-2H3,(H2,15,20)(H,16,17,18). The average Bonchev–Trinajstić information content (AvgIpc) is 2.94. The molecule has 6 nitrogen and oxygen atoms in total. The van der Waals surface area contributed by atoms with E-state index in [4.69, 9.17) is 5.73 Å². The molecule has 0 saturated carbocycles. The van der Waals surface area contributed by atoms with Crippen molar-refractivity contribution in [3.05, 3.63) is 11.4 Å². The number of rotatable bonds is 3. The van der Waals surface area contributed by atoms with Gasteiger partial charge in [0.1, 0.15) is 10.6 Å². The fourth-order valence-electron chi connectivity index (χ4n) is 2.80. The molecule has 7 heteroatoms. The smallest absolute Gasteiger partial charge is 0.225 e. The van der Waals surface area contributed by atoms with Crippen LogP contribution in [0.3, 0.4) is 0 Å². The van der Waals surface area contributed by atoms with E-state index in [1.54, 1.807) is 11.3 Å². The summed E-state index contributed by atoms with van der Waals surface area (Å²) in [6.07, 6.45) is 1.79. The number of carbonyl (C=O) groups excluding carboxylic acids is 1. The van der Waals surface area contributed by atoms with Gasteiger partial charge < -0.3 is 16.0 Å². The van der Waals surface area contributed by atoms with E-state index in [2.05, 4.69) is 27.1 Å². The number of nitrogens with zero attached hydrogens (tertiary/aromatic N) is 3. The Bertz CT molecular complexity index is 670. The predicted octanol–water partition coefficient (Wildman–Crippen LogP) is 1.82. The molecule has 0 bridgehead atoms. The highest BCUT2D eigenvalue weighted by Gasteiger charge is 2.30. The van der Waals surface area contributed by atoms with Crippen molar-refractivity contribution >= 4 is 39.2 Å². The van der Waals surface area contributed by atoms with Crippen LogP contribution >= 0.6 is 11.3 Å². The SMILES string of the molecule is CNc1nc(N2CC(C(N)=O)CCC2C)c2ccsc2n1. The Balaban J connectivity index is 2.04. The molecule has 2 aromatic rings. The molecule has 1 fully saturated rings. The van der Waals surface area contributed by atoms with E-state index in [-0.39, 0.29) is 11.8 Å². The number of amides is 1. The van der Waals surface area contributed by atoms with Gasteiger partial charge in [0.15, 0.2) is 0 Å². The lowest BCUT2D eigenvalue weighted by atomic mass is 9.93. The highest BCUT2D eigenvalue weighted by molar-refractivity contribution is 7.16. The summed E-state index contributed by atoms with van der Waals surface area (Å²) >= 11 is 1.59. The van der Waals surface area contributed by atoms with E-state index in [9.17, 15) is 4.79 Å². The summed E-state index contributed by atoms with van der Waals surface area (Å²) in [6.45, 7) is 2.79. The summed E-state index contributed by atoms with van der Waals surface area (Å²) in [5.74, 6) is 1.16. The van der Waals surface area contributed by atoms with Crippen molar-refractivity contribution in [3.8, 4) is 0 Å². The Morgan fingerprint density at radius 3 is 3.00 bits per heavy atom. The zero-order valence-electron chi connectivity index (χ0n) is 12.2. The lowest BCUT2D eigenvalue weighted by Gasteiger charge is -2.38. The Hall–Kier alpha value is -1.89. The number of fused-ring (bicyclic) bond motifs is 1. The molecule has 0 spiro atoms. The first-order chi connectivity index (χ1) is 10.1. The van der Waals surface area contributed by atoms with Gasteiger partial charge >= 0.3 is 0 Å². The topological polar surface area (TPSA) is 84.1 Å². The lowest BCUT2D eigenvalue weighted by Crippen LogP contribution is -2.46. The average molecular weight is 305 g/mol. The molecule has 1 aliphatic heterocycles. The normalized spacial score (nSPS) is 22.5. The molecule has 3 heterocycles. The van der Waals surface area contributed by atoms with Crippen LogP contribution in [0.4, 0.5) is 11.8 Å². The van der Waals surface area contributed by atoms with Crippen LogP contribution in [-0.4, -0.2) is 35.5 Å². The molecule has 2 aromatic heterocycles. The molecule has 0 aromatic carbocycles. The van der Waals surface area contributed by atoms with Gasteiger partial charge in [-0.2, -0.15) is 4.98 Å². The number of piperidine rings is 1. The quantitative estimate of drug-likeness (QED) is 0.903. The number of thiophene rings is 1. The third kappa shape index (κ3) is 2.53. The number of aromatic nitrogens is 2. The molecule has 1 aliphatic rings. The number of nitrogens with two attached hydrogens (primary N) is 1. The first-order valence-corrected chi connectivity index (χ1v) is 7.97. The van der Waals surface area contributed by atoms with Gasteiger partial charge in [-0.25, -0.2) is 4.98 Å². The highest BCUT2D eigenvalue weighted by atomic mass is 32.1. The van der Waals surface area contributed by atoms with E-state index < -0.39 is 0 Å². The Morgan fingerprint density at radius 1 is 1.48 bits per heavy atom. The highest BCUT2D eigenvalue weighted by Crippen LogP contribution is 2.33. The van der Waals surface area contributed by atoms with Gasteiger partial charge in [0.05, 0.1) is 11.3 Å². The molecule has 1 amide bonds. The summed E-state index contributed by atoms with van der Waals surface area (Å²) in [4.78, 5) is 23.8. The molecule has 0 radical (unpaired) electrons. The summed E-state index contributed by atoms with van der Waals surface area (Å²) in [7, 11) is 1.81. The van der Waals surface area contributed by atoms with Gasteiger partial charge in [0, 0.05) is 19.6 Å². The Labute approximate surface area is 127 Å². The first-order valence-electron chi connectivity index (χ1n) is 7.09. The molecule has 3 N–H and O–H groups in total. The molecule has 1 saturated heterocycles. The van der Waals surface area contributed by atoms with E-state index in [1.165, 1.54) is 0 Å². The lowest BCUT2D eigenvalue weighted by molar-refractivity contribution is -0.122. The number of anilines is 2. The van der Waals surface area contributed by atoms with Crippen LogP contribution < -0.4 is 16.0 Å². The van der Waals surface area contributed by atoms with Gasteiger partial charge in [-0.05, 0) is 31.2 Å². The largest absolute Gasteiger partial charge is 0.369 e. The van der Waals surface area contributed by atoms with Gasteiger partial charge in [0.25, 0.3) is 0 Å². The van der Waals surface area contributed by atoms with Crippen LogP contribution in [0.5, 0.6) is 0 Å². The maximum absolute atomic E-state index is 11.5. The van der Waals surface area contributed by atoms with Crippen molar-refractivity contribution in [1.82, 2.24) is 9.97 Å². The molecule has 21 heavy (non-hydrogen) atoms. The van der Waals surface area contributed by atoms with E-state index in [1.807, 2.05) is 18.5 Å². The second-order valence-corrected chi connectivity index (χ2v) is 6.33. The van der Waals surface area contributed by atoms with E-state index in [0.29, 0.717) is 18.5 Å². The third-order valence-corrected chi connectivity index (χ3v) is 4.89. The minimum atomic E-state index is -0.226. The number of carbonyl (C=O) groups is 1. The molecular weight excluding hydrogens is 286 g/mol. The Kier molecular flexibility index (Phi) is 3.67. The maximum Gasteiger partial charge on any atom is 0.225 e. The second-order valence-electron chi connectivity index (χ2n) is 5.44. The van der Waals surface area contributed by atoms with Gasteiger partial charge in [-0.15, -0.1) is 11.3 Å². The first kappa shape index (κ1) is 14.1. The number of hydrogen-bond acceptors (Lipinski definition) is 6. The molecule has 3 rings (SSSR count). The van der Waals surface area contributed by atoms with Gasteiger partial charge in [-0.1, -0.05) is 0 Å². The van der Waals surface area contributed by atoms with Crippen molar-refractivity contribution in [2.75, 3.05) is 23.8 Å².